The molecule has 0 fully saturated rings. The third kappa shape index (κ3) is 2.84. The van der Waals surface area contributed by atoms with Gasteiger partial charge in [-0.1, -0.05) is 23.7 Å². The van der Waals surface area contributed by atoms with Crippen LogP contribution in [0.5, 0.6) is 0 Å². The quantitative estimate of drug-likeness (QED) is 0.839. The summed E-state index contributed by atoms with van der Waals surface area (Å²) in [5.41, 5.74) is 0.777. The van der Waals surface area contributed by atoms with Gasteiger partial charge in [0, 0.05) is 10.8 Å². The average Bonchev–Trinajstić information content (AvgIpc) is 2.30. The van der Waals surface area contributed by atoms with Crippen molar-refractivity contribution in [1.82, 2.24) is 13.9 Å². The average molecular weight is 254 g/mol. The van der Waals surface area contributed by atoms with Crippen LogP contribution < -0.4 is 5.69 Å². The lowest BCUT2D eigenvalue weighted by Gasteiger charge is -2.02. The number of halogens is 1. The summed E-state index contributed by atoms with van der Waals surface area (Å²) in [6.45, 7) is 0. The van der Waals surface area contributed by atoms with E-state index in [0.717, 1.165) is 5.56 Å². The largest absolute Gasteiger partial charge is 0.360 e. The maximum Gasteiger partial charge on any atom is 0.360 e. The molecule has 16 heavy (non-hydrogen) atoms. The lowest BCUT2D eigenvalue weighted by molar-refractivity contribution is 0.939. The highest BCUT2D eigenvalue weighted by Gasteiger charge is 1.98. The lowest BCUT2D eigenvalue weighted by Crippen LogP contribution is -2.17. The van der Waals surface area contributed by atoms with Gasteiger partial charge in [0.15, 0.2) is 0 Å². The highest BCUT2D eigenvalue weighted by molar-refractivity contribution is 7.97. The molecule has 2 aromatic rings. The molecule has 4 nitrogen and oxygen atoms in total. The Balaban J connectivity index is 2.05. The molecule has 2 rings (SSSR count). The Kier molecular flexibility index (Phi) is 3.58. The molecule has 1 aromatic carbocycles. The molecule has 0 amide bonds. The number of hydrogen-bond donors (Lipinski definition) is 0. The first-order valence-electron chi connectivity index (χ1n) is 4.52. The van der Waals surface area contributed by atoms with E-state index in [1.165, 1.54) is 28.6 Å². The molecule has 1 aromatic heterocycles. The maximum atomic E-state index is 11.3. The van der Waals surface area contributed by atoms with E-state index in [1.807, 2.05) is 24.3 Å². The standard InChI is InChI=1S/C10H8ClN3OS/c11-9-3-1-8(2-4-9)5-16-14-7-12-6-13-10(14)15/h1-4,6-7H,5H2. The SMILES string of the molecule is O=c1ncncn1SCc1ccc(Cl)cc1. The molecule has 0 atom stereocenters. The number of rotatable bonds is 3. The highest BCUT2D eigenvalue weighted by atomic mass is 35.5. The summed E-state index contributed by atoms with van der Waals surface area (Å²) in [4.78, 5) is 18.6. The van der Waals surface area contributed by atoms with Crippen molar-refractivity contribution in [1.29, 1.82) is 0 Å². The van der Waals surface area contributed by atoms with Crippen molar-refractivity contribution in [2.24, 2.45) is 0 Å². The molecule has 82 valence electrons. The Labute approximate surface area is 101 Å². The second kappa shape index (κ2) is 5.14. The van der Waals surface area contributed by atoms with E-state index in [4.69, 9.17) is 11.6 Å². The van der Waals surface area contributed by atoms with Crippen LogP contribution in [0.3, 0.4) is 0 Å². The molecule has 0 aliphatic heterocycles. The van der Waals surface area contributed by atoms with Gasteiger partial charge < -0.3 is 0 Å². The third-order valence-electron chi connectivity index (χ3n) is 1.88. The Morgan fingerprint density at radius 2 is 2.06 bits per heavy atom. The van der Waals surface area contributed by atoms with Gasteiger partial charge in [-0.3, -0.25) is 0 Å². The van der Waals surface area contributed by atoms with Crippen molar-refractivity contribution >= 4 is 23.5 Å². The van der Waals surface area contributed by atoms with Gasteiger partial charge in [-0.2, -0.15) is 4.98 Å². The smallest absolute Gasteiger partial charge is 0.245 e. The van der Waals surface area contributed by atoms with Gasteiger partial charge >= 0.3 is 5.69 Å². The van der Waals surface area contributed by atoms with Gasteiger partial charge in [0.05, 0.1) is 0 Å². The fraction of sp³-hybridized carbons (Fsp3) is 0.100. The second-order valence-electron chi connectivity index (χ2n) is 3.02. The summed E-state index contributed by atoms with van der Waals surface area (Å²) in [6, 6.07) is 7.48. The number of aromatic nitrogens is 3. The van der Waals surface area contributed by atoms with Crippen molar-refractivity contribution < 1.29 is 0 Å². The van der Waals surface area contributed by atoms with Crippen LogP contribution in [0.4, 0.5) is 0 Å². The van der Waals surface area contributed by atoms with Gasteiger partial charge in [0.25, 0.3) is 0 Å². The van der Waals surface area contributed by atoms with E-state index >= 15 is 0 Å². The van der Waals surface area contributed by atoms with E-state index in [-0.39, 0.29) is 5.69 Å². The molecule has 0 aliphatic rings. The second-order valence-corrected chi connectivity index (χ2v) is 4.39. The predicted molar refractivity (Wildman–Crippen MR) is 64.4 cm³/mol. The van der Waals surface area contributed by atoms with Crippen molar-refractivity contribution in [2.45, 2.75) is 5.75 Å². The van der Waals surface area contributed by atoms with Gasteiger partial charge in [-0.25, -0.2) is 13.8 Å². The minimum atomic E-state index is -0.311. The summed E-state index contributed by atoms with van der Waals surface area (Å²) in [5.74, 6) is 0.671. The molecule has 0 unspecified atom stereocenters. The monoisotopic (exact) mass is 253 g/mol. The first kappa shape index (κ1) is 11.2. The summed E-state index contributed by atoms with van der Waals surface area (Å²) in [7, 11) is 0. The number of benzene rings is 1. The summed E-state index contributed by atoms with van der Waals surface area (Å²) < 4.78 is 1.40. The summed E-state index contributed by atoms with van der Waals surface area (Å²) in [5, 5.41) is 0.703. The zero-order valence-electron chi connectivity index (χ0n) is 8.21. The topological polar surface area (TPSA) is 47.8 Å². The van der Waals surface area contributed by atoms with Crippen LogP contribution in [-0.2, 0) is 5.75 Å². The number of nitrogens with zero attached hydrogens (tertiary/aromatic N) is 3. The molecule has 0 bridgehead atoms. The Morgan fingerprint density at radius 3 is 2.75 bits per heavy atom. The van der Waals surface area contributed by atoms with Crippen LogP contribution >= 0.6 is 23.5 Å². The zero-order chi connectivity index (χ0) is 11.4. The van der Waals surface area contributed by atoms with Crippen LogP contribution in [-0.4, -0.2) is 13.9 Å². The van der Waals surface area contributed by atoms with Crippen molar-refractivity contribution in [2.75, 3.05) is 0 Å². The third-order valence-corrected chi connectivity index (χ3v) is 3.12. The lowest BCUT2D eigenvalue weighted by atomic mass is 10.2. The fourth-order valence-electron chi connectivity index (χ4n) is 1.09. The zero-order valence-corrected chi connectivity index (χ0v) is 9.78. The first-order valence-corrected chi connectivity index (χ1v) is 5.84. The first-order chi connectivity index (χ1) is 7.75. The molecule has 1 heterocycles. The highest BCUT2D eigenvalue weighted by Crippen LogP contribution is 2.15. The molecule has 0 saturated heterocycles. The van der Waals surface area contributed by atoms with Crippen LogP contribution in [0.1, 0.15) is 5.56 Å². The van der Waals surface area contributed by atoms with Crippen LogP contribution in [0.15, 0.2) is 41.7 Å². The summed E-state index contributed by atoms with van der Waals surface area (Å²) in [6.07, 6.45) is 2.69. The molecular weight excluding hydrogens is 246 g/mol. The normalized spacial score (nSPS) is 10.3. The minimum absolute atomic E-state index is 0.311. The Hall–Kier alpha value is -1.33. The van der Waals surface area contributed by atoms with Crippen LogP contribution in [0.25, 0.3) is 0 Å². The van der Waals surface area contributed by atoms with E-state index in [1.54, 1.807) is 0 Å². The minimum Gasteiger partial charge on any atom is -0.245 e. The van der Waals surface area contributed by atoms with Crippen LogP contribution in [0, 0.1) is 0 Å². The molecule has 0 radical (unpaired) electrons. The van der Waals surface area contributed by atoms with Gasteiger partial charge in [-0.05, 0) is 29.6 Å². The van der Waals surface area contributed by atoms with E-state index in [2.05, 4.69) is 9.97 Å². The molecule has 0 spiro atoms. The summed E-state index contributed by atoms with van der Waals surface area (Å²) >= 11 is 7.11. The molecular formula is C10H8ClN3OS. The molecule has 0 N–H and O–H groups in total. The van der Waals surface area contributed by atoms with Gasteiger partial charge in [0.1, 0.15) is 12.7 Å². The van der Waals surface area contributed by atoms with Gasteiger partial charge in [-0.15, -0.1) is 0 Å². The van der Waals surface area contributed by atoms with E-state index in [0.29, 0.717) is 10.8 Å². The maximum absolute atomic E-state index is 11.3. The predicted octanol–water partition coefficient (Wildman–Crippen LogP) is 1.99. The fourth-order valence-corrected chi connectivity index (χ4v) is 1.98. The Bertz CT molecular complexity index is 526. The number of hydrogen-bond acceptors (Lipinski definition) is 4. The molecule has 6 heteroatoms. The van der Waals surface area contributed by atoms with Gasteiger partial charge in [0.2, 0.25) is 0 Å². The van der Waals surface area contributed by atoms with Crippen molar-refractivity contribution in [3.8, 4) is 0 Å². The molecule has 0 aliphatic carbocycles. The van der Waals surface area contributed by atoms with E-state index in [9.17, 15) is 4.79 Å². The van der Waals surface area contributed by atoms with E-state index < -0.39 is 0 Å². The Morgan fingerprint density at radius 1 is 1.31 bits per heavy atom. The van der Waals surface area contributed by atoms with Crippen LogP contribution in [0.2, 0.25) is 5.02 Å². The van der Waals surface area contributed by atoms with Crippen molar-refractivity contribution in [3.05, 3.63) is 58.0 Å². The van der Waals surface area contributed by atoms with Crippen molar-refractivity contribution in [3.63, 3.8) is 0 Å². The molecule has 0 saturated carbocycles.